The maximum atomic E-state index is 13.4. The second-order valence-electron chi connectivity index (χ2n) is 6.83. The van der Waals surface area contributed by atoms with Crippen LogP contribution in [-0.2, 0) is 13.0 Å². The molecule has 25 heavy (non-hydrogen) atoms. The number of hydrogen-bond donors (Lipinski definition) is 1. The van der Waals surface area contributed by atoms with Crippen molar-refractivity contribution < 1.29 is 13.6 Å². The Morgan fingerprint density at radius 2 is 1.96 bits per heavy atom. The van der Waals surface area contributed by atoms with Crippen LogP contribution in [0.1, 0.15) is 53.0 Å². The zero-order valence-electron chi connectivity index (χ0n) is 14.2. The number of carbonyl (C=O) groups is 1. The van der Waals surface area contributed by atoms with Crippen molar-refractivity contribution in [2.75, 3.05) is 5.32 Å². The van der Waals surface area contributed by atoms with Crippen molar-refractivity contribution >= 4 is 17.7 Å². The number of halogens is 2. The second-order valence-corrected chi connectivity index (χ2v) is 6.83. The first-order valence-electron chi connectivity index (χ1n) is 8.72. The zero-order chi connectivity index (χ0) is 17.6. The molecule has 1 N–H and O–H groups in total. The highest BCUT2D eigenvalue weighted by molar-refractivity contribution is 6.07. The minimum absolute atomic E-state index is 0.257. The number of nitrogens with zero attached hydrogens (tertiary/aromatic N) is 1. The van der Waals surface area contributed by atoms with Crippen LogP contribution < -0.4 is 5.32 Å². The summed E-state index contributed by atoms with van der Waals surface area (Å²) in [5, 5.41) is 2.71. The number of fused-ring (bicyclic) bond motifs is 1. The number of nitrogens with one attached hydrogen (secondary N) is 1. The summed E-state index contributed by atoms with van der Waals surface area (Å²) in [7, 11) is 0. The van der Waals surface area contributed by atoms with Crippen molar-refractivity contribution in [1.29, 1.82) is 0 Å². The molecule has 1 amide bonds. The Bertz CT molecular complexity index is 890. The Hall–Kier alpha value is -2.43. The van der Waals surface area contributed by atoms with Crippen LogP contribution in [0.25, 0.3) is 6.08 Å². The lowest BCUT2D eigenvalue weighted by molar-refractivity contribution is 0.102. The summed E-state index contributed by atoms with van der Waals surface area (Å²) >= 11 is 0. The van der Waals surface area contributed by atoms with Gasteiger partial charge in [0.1, 0.15) is 0 Å². The van der Waals surface area contributed by atoms with Crippen LogP contribution in [0, 0.1) is 18.6 Å². The van der Waals surface area contributed by atoms with Gasteiger partial charge in [-0.2, -0.15) is 0 Å². The molecule has 2 aromatic rings. The average Bonchev–Trinajstić information content (AvgIpc) is 3.07. The predicted molar refractivity (Wildman–Crippen MR) is 93.6 cm³/mol. The smallest absolute Gasteiger partial charge is 0.257 e. The number of anilines is 1. The van der Waals surface area contributed by atoms with Crippen LogP contribution in [0.2, 0.25) is 0 Å². The Kier molecular flexibility index (Phi) is 3.94. The van der Waals surface area contributed by atoms with Crippen LogP contribution in [0.4, 0.5) is 14.5 Å². The van der Waals surface area contributed by atoms with E-state index < -0.39 is 11.6 Å². The average molecular weight is 342 g/mol. The summed E-state index contributed by atoms with van der Waals surface area (Å²) in [6, 6.07) is 3.41. The van der Waals surface area contributed by atoms with E-state index in [4.69, 9.17) is 0 Å². The topological polar surface area (TPSA) is 34.0 Å². The molecule has 0 unspecified atom stereocenters. The standard InChI is InChI=1S/C20H20F2N2O/c1-12-18(10-13-4-2-5-13)24-9-3-6-17(24)19(12)20(25)23-14-7-8-15(21)16(22)11-14/h7-8,10-11H,2-6,9H2,1H3,(H,23,25). The lowest BCUT2D eigenvalue weighted by atomic mass is 9.91. The molecule has 0 bridgehead atoms. The van der Waals surface area contributed by atoms with Crippen molar-refractivity contribution in [2.45, 2.75) is 45.6 Å². The second kappa shape index (κ2) is 6.14. The Morgan fingerprint density at radius 1 is 1.16 bits per heavy atom. The fraction of sp³-hybridized carbons (Fsp3) is 0.350. The monoisotopic (exact) mass is 342 g/mol. The molecule has 5 heteroatoms. The van der Waals surface area contributed by atoms with E-state index in [2.05, 4.69) is 16.0 Å². The molecule has 1 fully saturated rings. The van der Waals surface area contributed by atoms with Crippen molar-refractivity contribution in [2.24, 2.45) is 0 Å². The quantitative estimate of drug-likeness (QED) is 0.851. The summed E-state index contributed by atoms with van der Waals surface area (Å²) in [6.07, 6.45) is 7.62. The van der Waals surface area contributed by atoms with Gasteiger partial charge in [-0.3, -0.25) is 4.79 Å². The van der Waals surface area contributed by atoms with Gasteiger partial charge in [0.25, 0.3) is 5.91 Å². The van der Waals surface area contributed by atoms with Gasteiger partial charge < -0.3 is 9.88 Å². The lowest BCUT2D eigenvalue weighted by Crippen LogP contribution is -2.14. The number of carbonyl (C=O) groups excluding carboxylic acids is 1. The van der Waals surface area contributed by atoms with E-state index in [1.807, 2.05) is 6.92 Å². The molecule has 1 aliphatic carbocycles. The maximum absolute atomic E-state index is 13.4. The molecule has 4 rings (SSSR count). The van der Waals surface area contributed by atoms with Gasteiger partial charge in [0.2, 0.25) is 0 Å². The number of allylic oxidation sites excluding steroid dienone is 1. The Balaban J connectivity index is 1.68. The summed E-state index contributed by atoms with van der Waals surface area (Å²) in [5.74, 6) is -2.15. The van der Waals surface area contributed by atoms with Crippen molar-refractivity contribution in [3.63, 3.8) is 0 Å². The molecule has 0 spiro atoms. The van der Waals surface area contributed by atoms with E-state index in [1.165, 1.54) is 18.1 Å². The molecule has 2 aliphatic rings. The molecule has 1 aromatic carbocycles. The van der Waals surface area contributed by atoms with Gasteiger partial charge in [-0.15, -0.1) is 0 Å². The number of amides is 1. The molecular weight excluding hydrogens is 322 g/mol. The summed E-state index contributed by atoms with van der Waals surface area (Å²) in [5.41, 5.74) is 5.51. The highest BCUT2D eigenvalue weighted by Crippen LogP contribution is 2.34. The number of hydrogen-bond acceptors (Lipinski definition) is 1. The van der Waals surface area contributed by atoms with Gasteiger partial charge in [-0.1, -0.05) is 5.57 Å². The molecular formula is C20H20F2N2O. The van der Waals surface area contributed by atoms with Crippen LogP contribution in [-0.4, -0.2) is 10.5 Å². The third-order valence-electron chi connectivity index (χ3n) is 5.20. The molecule has 0 atom stereocenters. The van der Waals surface area contributed by atoms with Crippen LogP contribution >= 0.6 is 0 Å². The first-order chi connectivity index (χ1) is 12.0. The first kappa shape index (κ1) is 16.1. The van der Waals surface area contributed by atoms with Crippen molar-refractivity contribution in [3.8, 4) is 0 Å². The van der Waals surface area contributed by atoms with Crippen LogP contribution in [0.3, 0.4) is 0 Å². The highest BCUT2D eigenvalue weighted by Gasteiger charge is 2.27. The van der Waals surface area contributed by atoms with Crippen LogP contribution in [0.15, 0.2) is 23.8 Å². The normalized spacial score (nSPS) is 15.7. The number of benzene rings is 1. The summed E-state index contributed by atoms with van der Waals surface area (Å²) in [6.45, 7) is 2.89. The predicted octanol–water partition coefficient (Wildman–Crippen LogP) is 4.84. The lowest BCUT2D eigenvalue weighted by Gasteiger charge is -2.16. The van der Waals surface area contributed by atoms with Gasteiger partial charge in [0.15, 0.2) is 11.6 Å². The molecule has 2 heterocycles. The minimum atomic E-state index is -0.966. The van der Waals surface area contributed by atoms with Crippen molar-refractivity contribution in [3.05, 3.63) is 57.9 Å². The Morgan fingerprint density at radius 3 is 2.64 bits per heavy atom. The number of aromatic nitrogens is 1. The van der Waals surface area contributed by atoms with Crippen molar-refractivity contribution in [1.82, 2.24) is 4.57 Å². The first-order valence-corrected chi connectivity index (χ1v) is 8.72. The van der Waals surface area contributed by atoms with Crippen LogP contribution in [0.5, 0.6) is 0 Å². The maximum Gasteiger partial charge on any atom is 0.257 e. The largest absolute Gasteiger partial charge is 0.344 e. The van der Waals surface area contributed by atoms with Gasteiger partial charge in [0.05, 0.1) is 5.56 Å². The zero-order valence-corrected chi connectivity index (χ0v) is 14.2. The van der Waals surface area contributed by atoms with Gasteiger partial charge in [-0.05, 0) is 62.8 Å². The van der Waals surface area contributed by atoms with E-state index in [-0.39, 0.29) is 11.6 Å². The number of rotatable bonds is 3. The van der Waals surface area contributed by atoms with E-state index >= 15 is 0 Å². The minimum Gasteiger partial charge on any atom is -0.344 e. The molecule has 3 nitrogen and oxygen atoms in total. The van der Waals surface area contributed by atoms with Gasteiger partial charge in [0, 0.05) is 29.7 Å². The highest BCUT2D eigenvalue weighted by atomic mass is 19.2. The molecule has 0 saturated heterocycles. The van der Waals surface area contributed by atoms with Gasteiger partial charge in [-0.25, -0.2) is 8.78 Å². The molecule has 0 radical (unpaired) electrons. The fourth-order valence-corrected chi connectivity index (χ4v) is 3.72. The van der Waals surface area contributed by atoms with E-state index in [1.54, 1.807) is 0 Å². The molecule has 1 aliphatic heterocycles. The van der Waals surface area contributed by atoms with E-state index in [0.717, 1.165) is 61.3 Å². The molecule has 130 valence electrons. The van der Waals surface area contributed by atoms with E-state index in [0.29, 0.717) is 5.56 Å². The fourth-order valence-electron chi connectivity index (χ4n) is 3.72. The Labute approximate surface area is 145 Å². The van der Waals surface area contributed by atoms with Gasteiger partial charge >= 0.3 is 0 Å². The molecule has 1 saturated carbocycles. The van der Waals surface area contributed by atoms with E-state index in [9.17, 15) is 13.6 Å². The summed E-state index contributed by atoms with van der Waals surface area (Å²) < 4.78 is 28.7. The SMILES string of the molecule is Cc1c(C(=O)Nc2ccc(F)c(F)c2)c2n(c1C=C1CCC1)CCC2. The summed E-state index contributed by atoms with van der Waals surface area (Å²) in [4.78, 5) is 12.8. The third kappa shape index (κ3) is 2.77. The molecule has 1 aromatic heterocycles. The third-order valence-corrected chi connectivity index (χ3v) is 5.20.